The second-order valence-corrected chi connectivity index (χ2v) is 8.61. The molecule has 0 fully saturated rings. The Kier molecular flexibility index (Phi) is 6.01. The predicted octanol–water partition coefficient (Wildman–Crippen LogP) is 2.72. The third-order valence-corrected chi connectivity index (χ3v) is 6.11. The monoisotopic (exact) mass is 416 g/mol. The van der Waals surface area contributed by atoms with E-state index in [0.29, 0.717) is 5.82 Å². The van der Waals surface area contributed by atoms with Gasteiger partial charge in [-0.15, -0.1) is 10.2 Å². The van der Waals surface area contributed by atoms with Crippen molar-refractivity contribution in [2.45, 2.75) is 23.5 Å². The van der Waals surface area contributed by atoms with E-state index in [9.17, 15) is 8.42 Å². The summed E-state index contributed by atoms with van der Waals surface area (Å²) in [5, 5.41) is 8.83. The van der Waals surface area contributed by atoms with Crippen molar-refractivity contribution in [1.29, 1.82) is 0 Å². The number of benzene rings is 1. The van der Waals surface area contributed by atoms with Crippen LogP contribution in [0.2, 0.25) is 0 Å². The molecule has 124 valence electrons. The number of nitrogens with zero attached hydrogens (tertiary/aromatic N) is 3. The van der Waals surface area contributed by atoms with Crippen LogP contribution in [0.15, 0.2) is 50.9 Å². The molecule has 1 aromatic heterocycles. The Morgan fingerprint density at radius 1 is 1.35 bits per heavy atom. The van der Waals surface area contributed by atoms with Crippen molar-refractivity contribution in [2.75, 3.05) is 5.75 Å². The normalized spacial score (nSPS) is 11.6. The Balaban J connectivity index is 2.05. The van der Waals surface area contributed by atoms with Crippen LogP contribution in [-0.2, 0) is 23.6 Å². The van der Waals surface area contributed by atoms with Gasteiger partial charge in [0.05, 0.1) is 11.4 Å². The van der Waals surface area contributed by atoms with Crippen LogP contribution in [0.5, 0.6) is 0 Å². The standard InChI is InChI=1S/C14H17BrN4O2S2/c1-10(2)9-22-14-18-17-13(19(14)3)8-16-23(20,21)12-6-4-11(15)5-7-12/h4-7,16H,1,8-9H2,2-3H3. The van der Waals surface area contributed by atoms with E-state index < -0.39 is 10.0 Å². The maximum atomic E-state index is 12.2. The molecule has 1 aromatic carbocycles. The highest BCUT2D eigenvalue weighted by atomic mass is 79.9. The first-order chi connectivity index (χ1) is 10.8. The Labute approximate surface area is 148 Å². The van der Waals surface area contributed by atoms with Gasteiger partial charge in [-0.05, 0) is 31.2 Å². The molecule has 0 saturated carbocycles. The molecule has 0 aliphatic heterocycles. The first-order valence-electron chi connectivity index (χ1n) is 6.70. The smallest absolute Gasteiger partial charge is 0.240 e. The molecule has 0 aliphatic carbocycles. The summed E-state index contributed by atoms with van der Waals surface area (Å²) in [6.07, 6.45) is 0. The summed E-state index contributed by atoms with van der Waals surface area (Å²) < 4.78 is 29.6. The van der Waals surface area contributed by atoms with E-state index in [0.717, 1.165) is 21.0 Å². The van der Waals surface area contributed by atoms with E-state index >= 15 is 0 Å². The van der Waals surface area contributed by atoms with Gasteiger partial charge in [-0.2, -0.15) is 0 Å². The number of rotatable bonds is 7. The van der Waals surface area contributed by atoms with Gasteiger partial charge < -0.3 is 4.57 Å². The molecular weight excluding hydrogens is 400 g/mol. The van der Waals surface area contributed by atoms with Gasteiger partial charge in [0.15, 0.2) is 5.16 Å². The first-order valence-corrected chi connectivity index (χ1v) is 9.96. The van der Waals surface area contributed by atoms with Crippen LogP contribution in [0.3, 0.4) is 0 Å². The van der Waals surface area contributed by atoms with Gasteiger partial charge in [0.1, 0.15) is 5.82 Å². The van der Waals surface area contributed by atoms with Crippen LogP contribution < -0.4 is 4.72 Å². The van der Waals surface area contributed by atoms with Crippen LogP contribution in [0.4, 0.5) is 0 Å². The fraction of sp³-hybridized carbons (Fsp3) is 0.286. The van der Waals surface area contributed by atoms with Crippen LogP contribution in [-0.4, -0.2) is 28.9 Å². The van der Waals surface area contributed by atoms with Gasteiger partial charge in [0.2, 0.25) is 10.0 Å². The summed E-state index contributed by atoms with van der Waals surface area (Å²) in [5.74, 6) is 1.30. The average Bonchev–Trinajstić information content (AvgIpc) is 2.84. The summed E-state index contributed by atoms with van der Waals surface area (Å²) in [6, 6.07) is 6.45. The molecule has 23 heavy (non-hydrogen) atoms. The molecule has 0 unspecified atom stereocenters. The highest BCUT2D eigenvalue weighted by Gasteiger charge is 2.16. The number of hydrogen-bond acceptors (Lipinski definition) is 5. The first kappa shape index (κ1) is 18.2. The average molecular weight is 417 g/mol. The van der Waals surface area contributed by atoms with E-state index in [1.165, 1.54) is 23.9 Å². The number of halogens is 1. The Bertz CT molecular complexity index is 801. The minimum Gasteiger partial charge on any atom is -0.308 e. The lowest BCUT2D eigenvalue weighted by molar-refractivity contribution is 0.576. The van der Waals surface area contributed by atoms with Gasteiger partial charge in [0.25, 0.3) is 0 Å². The summed E-state index contributed by atoms with van der Waals surface area (Å²) in [4.78, 5) is 0.208. The second-order valence-electron chi connectivity index (χ2n) is 4.98. The molecule has 0 saturated heterocycles. The largest absolute Gasteiger partial charge is 0.308 e. The lowest BCUT2D eigenvalue weighted by Crippen LogP contribution is -2.24. The lowest BCUT2D eigenvalue weighted by Gasteiger charge is -2.07. The number of thioether (sulfide) groups is 1. The van der Waals surface area contributed by atoms with Crippen LogP contribution >= 0.6 is 27.7 Å². The molecule has 0 atom stereocenters. The van der Waals surface area contributed by atoms with Crippen molar-refractivity contribution < 1.29 is 8.42 Å². The van der Waals surface area contributed by atoms with E-state index in [4.69, 9.17) is 0 Å². The summed E-state index contributed by atoms with van der Waals surface area (Å²) in [6.45, 7) is 5.86. The van der Waals surface area contributed by atoms with Crippen molar-refractivity contribution in [3.63, 3.8) is 0 Å². The predicted molar refractivity (Wildman–Crippen MR) is 94.7 cm³/mol. The van der Waals surface area contributed by atoms with E-state index in [-0.39, 0.29) is 11.4 Å². The molecule has 0 aliphatic rings. The maximum Gasteiger partial charge on any atom is 0.240 e. The Morgan fingerprint density at radius 2 is 2.00 bits per heavy atom. The van der Waals surface area contributed by atoms with Crippen LogP contribution in [0, 0.1) is 0 Å². The molecular formula is C14H17BrN4O2S2. The maximum absolute atomic E-state index is 12.2. The van der Waals surface area contributed by atoms with Crippen molar-refractivity contribution in [2.24, 2.45) is 7.05 Å². The fourth-order valence-electron chi connectivity index (χ4n) is 1.67. The highest BCUT2D eigenvalue weighted by molar-refractivity contribution is 9.10. The number of hydrogen-bond donors (Lipinski definition) is 1. The Morgan fingerprint density at radius 3 is 2.61 bits per heavy atom. The zero-order chi connectivity index (χ0) is 17.0. The topological polar surface area (TPSA) is 76.9 Å². The van der Waals surface area contributed by atoms with Crippen molar-refractivity contribution in [1.82, 2.24) is 19.5 Å². The quantitative estimate of drug-likeness (QED) is 0.554. The van der Waals surface area contributed by atoms with E-state index in [2.05, 4.69) is 37.4 Å². The van der Waals surface area contributed by atoms with Gasteiger partial charge in [0, 0.05) is 17.3 Å². The van der Waals surface area contributed by atoms with Crippen molar-refractivity contribution in [3.05, 3.63) is 46.7 Å². The molecule has 2 rings (SSSR count). The lowest BCUT2D eigenvalue weighted by atomic mass is 10.4. The Hall–Kier alpha value is -1.16. The molecule has 0 bridgehead atoms. The summed E-state index contributed by atoms with van der Waals surface area (Å²) >= 11 is 4.79. The molecule has 0 amide bonds. The molecule has 0 spiro atoms. The highest BCUT2D eigenvalue weighted by Crippen LogP contribution is 2.18. The van der Waals surface area contributed by atoms with Gasteiger partial charge >= 0.3 is 0 Å². The number of nitrogens with one attached hydrogen (secondary N) is 1. The summed E-state index contributed by atoms with van der Waals surface area (Å²) in [7, 11) is -1.77. The SMILES string of the molecule is C=C(C)CSc1nnc(CNS(=O)(=O)c2ccc(Br)cc2)n1C. The minimum atomic E-state index is -3.58. The molecule has 1 N–H and O–H groups in total. The molecule has 0 radical (unpaired) electrons. The van der Waals surface area contributed by atoms with Gasteiger partial charge in [-0.3, -0.25) is 0 Å². The van der Waals surface area contributed by atoms with Gasteiger partial charge in [-0.25, -0.2) is 13.1 Å². The van der Waals surface area contributed by atoms with Crippen LogP contribution in [0.1, 0.15) is 12.7 Å². The van der Waals surface area contributed by atoms with Crippen LogP contribution in [0.25, 0.3) is 0 Å². The van der Waals surface area contributed by atoms with Crippen molar-refractivity contribution >= 4 is 37.7 Å². The van der Waals surface area contributed by atoms with Gasteiger partial charge in [-0.1, -0.05) is 39.8 Å². The molecule has 2 aromatic rings. The molecule has 1 heterocycles. The van der Waals surface area contributed by atoms with E-state index in [1.54, 1.807) is 16.7 Å². The third kappa shape index (κ3) is 4.90. The second kappa shape index (κ2) is 7.61. The molecule has 9 heteroatoms. The fourth-order valence-corrected chi connectivity index (χ4v) is 3.69. The number of aromatic nitrogens is 3. The van der Waals surface area contributed by atoms with E-state index in [1.807, 2.05) is 14.0 Å². The van der Waals surface area contributed by atoms with Crippen molar-refractivity contribution in [3.8, 4) is 0 Å². The molecule has 6 nitrogen and oxygen atoms in total. The minimum absolute atomic E-state index is 0.0789. The zero-order valence-electron chi connectivity index (χ0n) is 12.8. The summed E-state index contributed by atoms with van der Waals surface area (Å²) in [5.41, 5.74) is 1.04. The number of sulfonamides is 1. The zero-order valence-corrected chi connectivity index (χ0v) is 16.0. The third-order valence-electron chi connectivity index (χ3n) is 2.92.